The molecule has 0 bridgehead atoms. The number of primary amides is 1. The second-order valence-corrected chi connectivity index (χ2v) is 11.5. The minimum Gasteiger partial charge on any atom is -0.510 e. The van der Waals surface area contributed by atoms with Crippen LogP contribution in [0.2, 0.25) is 0 Å². The number of benzene rings is 1. The quantitative estimate of drug-likeness (QED) is 0.214. The van der Waals surface area contributed by atoms with Gasteiger partial charge in [0, 0.05) is 43.4 Å². The number of ether oxygens (including phenoxy) is 1. The van der Waals surface area contributed by atoms with Crippen LogP contribution in [0.3, 0.4) is 0 Å². The van der Waals surface area contributed by atoms with Crippen molar-refractivity contribution in [2.75, 3.05) is 46.2 Å². The summed E-state index contributed by atoms with van der Waals surface area (Å²) in [5.74, 6) is -7.21. The van der Waals surface area contributed by atoms with E-state index in [0.29, 0.717) is 11.3 Å². The molecular weight excluding hydrogens is 560 g/mol. The predicted molar refractivity (Wildman–Crippen MR) is 156 cm³/mol. The van der Waals surface area contributed by atoms with Crippen molar-refractivity contribution >= 4 is 29.3 Å². The van der Waals surface area contributed by atoms with Gasteiger partial charge in [-0.15, -0.1) is 6.58 Å². The summed E-state index contributed by atoms with van der Waals surface area (Å²) in [5, 5.41) is 45.7. The third kappa shape index (κ3) is 4.82. The maximum Gasteiger partial charge on any atom is 0.410 e. The first kappa shape index (κ1) is 31.6. The van der Waals surface area contributed by atoms with E-state index in [1.54, 1.807) is 46.1 Å². The lowest BCUT2D eigenvalue weighted by atomic mass is 9.58. The zero-order chi connectivity index (χ0) is 32.1. The van der Waals surface area contributed by atoms with Gasteiger partial charge in [0.25, 0.3) is 5.91 Å². The largest absolute Gasteiger partial charge is 0.510 e. The number of carbonyl (C=O) groups excluding carboxylic acids is 4. The van der Waals surface area contributed by atoms with Gasteiger partial charge in [-0.05, 0) is 51.4 Å². The highest BCUT2D eigenvalue weighted by molar-refractivity contribution is 6.25. The number of rotatable bonds is 8. The summed E-state index contributed by atoms with van der Waals surface area (Å²) in [7, 11) is 6.66. The van der Waals surface area contributed by atoms with Crippen LogP contribution in [0.25, 0.3) is 0 Å². The van der Waals surface area contributed by atoms with Gasteiger partial charge < -0.3 is 40.7 Å². The number of amides is 2. The van der Waals surface area contributed by atoms with Crippen molar-refractivity contribution in [1.82, 2.24) is 9.80 Å². The van der Waals surface area contributed by atoms with Crippen LogP contribution < -0.4 is 10.6 Å². The first-order chi connectivity index (χ1) is 20.1. The molecule has 0 fully saturated rings. The molecule has 0 unspecified atom stereocenters. The number of anilines is 1. The second-order valence-electron chi connectivity index (χ2n) is 11.5. The number of hydrogen-bond donors (Lipinski definition) is 5. The smallest absolute Gasteiger partial charge is 0.410 e. The van der Waals surface area contributed by atoms with Crippen molar-refractivity contribution in [2.45, 2.75) is 38.0 Å². The fraction of sp³-hybridized carbons (Fsp3) is 0.467. The number of aliphatic hydroxyl groups excluding tert-OH is 2. The molecule has 13 heteroatoms. The average molecular weight is 599 g/mol. The molecule has 0 aromatic heterocycles. The van der Waals surface area contributed by atoms with Gasteiger partial charge in [-0.1, -0.05) is 6.08 Å². The highest BCUT2D eigenvalue weighted by Gasteiger charge is 2.63. The van der Waals surface area contributed by atoms with Gasteiger partial charge in [0.15, 0.2) is 11.4 Å². The molecule has 2 amide bonds. The van der Waals surface area contributed by atoms with E-state index in [4.69, 9.17) is 10.5 Å². The van der Waals surface area contributed by atoms with Gasteiger partial charge in [-0.2, -0.15) is 0 Å². The van der Waals surface area contributed by atoms with Gasteiger partial charge in [-0.3, -0.25) is 19.3 Å². The Balaban J connectivity index is 1.92. The molecule has 4 atom stereocenters. The normalized spacial score (nSPS) is 24.8. The first-order valence-corrected chi connectivity index (χ1v) is 13.9. The number of phenolic OH excluding ortho intramolecular Hbond substituents is 1. The Bertz CT molecular complexity index is 1480. The van der Waals surface area contributed by atoms with Gasteiger partial charge in [0.2, 0.25) is 5.78 Å². The predicted octanol–water partition coefficient (Wildman–Crippen LogP) is 1.33. The number of hydrogen-bond acceptors (Lipinski definition) is 11. The highest BCUT2D eigenvalue weighted by atomic mass is 16.6. The molecule has 0 saturated heterocycles. The minimum atomic E-state index is -2.73. The molecule has 43 heavy (non-hydrogen) atoms. The van der Waals surface area contributed by atoms with Crippen molar-refractivity contribution < 1.29 is 44.3 Å². The van der Waals surface area contributed by atoms with E-state index in [-0.39, 0.29) is 49.2 Å². The summed E-state index contributed by atoms with van der Waals surface area (Å²) in [6, 6.07) is 0.596. The molecule has 6 N–H and O–H groups in total. The number of fused-ring (bicyclic) bond motifs is 3. The van der Waals surface area contributed by atoms with Crippen molar-refractivity contribution in [1.29, 1.82) is 0 Å². The number of aliphatic hydroxyl groups is 3. The molecule has 13 nitrogen and oxygen atoms in total. The summed E-state index contributed by atoms with van der Waals surface area (Å²) in [5.41, 5.74) is 2.69. The van der Waals surface area contributed by atoms with Gasteiger partial charge in [0.05, 0.1) is 24.8 Å². The van der Waals surface area contributed by atoms with E-state index in [1.165, 1.54) is 15.9 Å². The van der Waals surface area contributed by atoms with Gasteiger partial charge >= 0.3 is 6.09 Å². The zero-order valence-corrected chi connectivity index (χ0v) is 24.9. The van der Waals surface area contributed by atoms with Crippen LogP contribution in [0.1, 0.15) is 34.8 Å². The number of Topliss-reactive ketones (excluding diaryl/α,β-unsaturated/α-hetero) is 2. The molecule has 0 heterocycles. The number of likely N-dealkylation sites (N-methyl/N-ethyl adjacent to an activating group) is 1. The Morgan fingerprint density at radius 1 is 1.19 bits per heavy atom. The number of allylic oxidation sites excluding steroid dienone is 1. The maximum absolute atomic E-state index is 14.2. The van der Waals surface area contributed by atoms with E-state index in [2.05, 4.69) is 6.58 Å². The molecule has 0 aliphatic heterocycles. The lowest BCUT2D eigenvalue weighted by molar-refractivity contribution is -0.148. The Morgan fingerprint density at radius 2 is 1.84 bits per heavy atom. The molecule has 0 radical (unpaired) electrons. The molecule has 1 aromatic carbocycles. The summed E-state index contributed by atoms with van der Waals surface area (Å²) < 4.78 is 5.12. The van der Waals surface area contributed by atoms with Crippen molar-refractivity contribution in [3.8, 4) is 5.75 Å². The average Bonchev–Trinajstić information content (AvgIpc) is 2.91. The summed E-state index contributed by atoms with van der Waals surface area (Å²) in [6.45, 7) is 5.41. The number of nitrogens with zero attached hydrogens (tertiary/aromatic N) is 3. The number of aromatic hydroxyl groups is 1. The number of phenols is 1. The van der Waals surface area contributed by atoms with Crippen LogP contribution in [-0.4, -0.2) is 107 Å². The second kappa shape index (κ2) is 11.4. The molecule has 1 aromatic rings. The van der Waals surface area contributed by atoms with E-state index < -0.39 is 69.9 Å². The Labute approximate surface area is 249 Å². The van der Waals surface area contributed by atoms with Crippen LogP contribution >= 0.6 is 0 Å². The summed E-state index contributed by atoms with van der Waals surface area (Å²) in [6.07, 6.45) is 0.971. The van der Waals surface area contributed by atoms with Crippen molar-refractivity contribution in [2.24, 2.45) is 17.6 Å². The van der Waals surface area contributed by atoms with Crippen LogP contribution in [0.15, 0.2) is 41.4 Å². The fourth-order valence-corrected chi connectivity index (χ4v) is 6.65. The first-order valence-electron chi connectivity index (χ1n) is 13.9. The van der Waals surface area contributed by atoms with E-state index >= 15 is 0 Å². The third-order valence-corrected chi connectivity index (χ3v) is 8.50. The van der Waals surface area contributed by atoms with Crippen LogP contribution in [0.4, 0.5) is 10.5 Å². The molecule has 0 saturated carbocycles. The van der Waals surface area contributed by atoms with Crippen LogP contribution in [-0.2, 0) is 27.3 Å². The number of ketones is 2. The maximum atomic E-state index is 14.2. The molecular formula is C30H38N4O9. The third-order valence-electron chi connectivity index (χ3n) is 8.50. The molecule has 0 spiro atoms. The lowest BCUT2D eigenvalue weighted by Crippen LogP contribution is -2.63. The SMILES string of the molecule is C=CCN(Cc1cc(N(C)C)c2c(c1O)C(=O)C1=C(O)[C@]3(O)C(=O)C(C(N)=O)=C(O)[C@@H](N(C)C)[C@@H]3C[C@@H]1C2)C(=O)OCC. The fourth-order valence-electron chi connectivity index (χ4n) is 6.65. The summed E-state index contributed by atoms with van der Waals surface area (Å²) in [4.78, 5) is 57.0. The summed E-state index contributed by atoms with van der Waals surface area (Å²) >= 11 is 0. The minimum absolute atomic E-state index is 0.0168. The lowest BCUT2D eigenvalue weighted by Gasteiger charge is -2.50. The molecule has 3 aliphatic carbocycles. The number of nitrogens with two attached hydrogens (primary N) is 1. The Hall–Kier alpha value is -4.36. The van der Waals surface area contributed by atoms with Gasteiger partial charge in [-0.25, -0.2) is 4.79 Å². The number of carbonyl (C=O) groups is 4. The van der Waals surface area contributed by atoms with Crippen LogP contribution in [0.5, 0.6) is 5.75 Å². The molecule has 4 rings (SSSR count). The van der Waals surface area contributed by atoms with Crippen LogP contribution in [0, 0.1) is 11.8 Å². The standard InChI is InChI=1S/C30H38N4O9/c1-7-9-34(29(41)43-8-2)13-15-12-18(32(3)4)16-10-14-11-17-22(33(5)6)25(37)21(28(31)40)27(39)30(17,42)26(38)19(14)24(36)20(16)23(15)35/h7,12,14,17,22,35,37-38,42H,1,8-11,13H2,2-6H3,(H2,31,40)/t14-,17-,22-,30-/m0/s1. The zero-order valence-electron chi connectivity index (χ0n) is 24.9. The Kier molecular flexibility index (Phi) is 8.35. The topological polar surface area (TPSA) is 194 Å². The van der Waals surface area contributed by atoms with E-state index in [1.807, 2.05) is 0 Å². The van der Waals surface area contributed by atoms with E-state index in [0.717, 1.165) is 0 Å². The molecule has 3 aliphatic rings. The van der Waals surface area contributed by atoms with E-state index in [9.17, 15) is 39.6 Å². The molecule has 232 valence electrons. The Morgan fingerprint density at radius 3 is 2.37 bits per heavy atom. The van der Waals surface area contributed by atoms with Crippen molar-refractivity contribution in [3.05, 3.63) is 58.1 Å². The highest BCUT2D eigenvalue weighted by Crippen LogP contribution is 2.53. The van der Waals surface area contributed by atoms with Gasteiger partial charge in [0.1, 0.15) is 22.8 Å². The van der Waals surface area contributed by atoms with Crippen molar-refractivity contribution in [3.63, 3.8) is 0 Å². The monoisotopic (exact) mass is 598 g/mol.